The Balaban J connectivity index is 1.93. The molecule has 0 aliphatic carbocycles. The summed E-state index contributed by atoms with van der Waals surface area (Å²) in [4.78, 5) is 40.4. The first-order valence-corrected chi connectivity index (χ1v) is 15.2. The minimum atomic E-state index is -0.878. The maximum Gasteiger partial charge on any atom is 0.303 e. The van der Waals surface area contributed by atoms with Crippen molar-refractivity contribution in [3.8, 4) is 0 Å². The van der Waals surface area contributed by atoms with E-state index in [0.717, 1.165) is 78.9 Å². The molecule has 0 fully saturated rings. The van der Waals surface area contributed by atoms with Gasteiger partial charge in [-0.15, -0.1) is 0 Å². The molecule has 5 heterocycles. The molecule has 1 atom stereocenters. The van der Waals surface area contributed by atoms with Crippen molar-refractivity contribution >= 4 is 68.9 Å². The number of aryl methyl sites for hydroxylation is 3. The van der Waals surface area contributed by atoms with Crippen LogP contribution in [0.3, 0.4) is 0 Å². The van der Waals surface area contributed by atoms with Gasteiger partial charge in [0, 0.05) is 40.2 Å². The number of aromatic nitrogens is 4. The molecule has 9 heteroatoms. The number of nitrogens with zero attached hydrogens (tertiary/aromatic N) is 2. The average Bonchev–Trinajstić information content (AvgIpc) is 3.59. The Kier molecular flexibility index (Phi) is 8.38. The van der Waals surface area contributed by atoms with Crippen molar-refractivity contribution < 1.29 is 19.8 Å². The van der Waals surface area contributed by atoms with Gasteiger partial charge in [-0.05, 0) is 123 Å². The van der Waals surface area contributed by atoms with Crippen LogP contribution in [0.15, 0.2) is 24.3 Å². The number of nitrogens with one attached hydrogen (secondary N) is 2. The number of carbonyl (C=O) groups is 2. The van der Waals surface area contributed by atoms with Crippen LogP contribution >= 0.6 is 12.6 Å². The van der Waals surface area contributed by atoms with Crippen molar-refractivity contribution in [2.45, 2.75) is 78.9 Å². The second kappa shape index (κ2) is 11.9. The van der Waals surface area contributed by atoms with Gasteiger partial charge in [-0.2, -0.15) is 12.6 Å². The Labute approximate surface area is 256 Å². The lowest BCUT2D eigenvalue weighted by Gasteiger charge is -2.05. The molecule has 0 saturated carbocycles. The highest BCUT2D eigenvalue weighted by atomic mass is 32.1. The first-order valence-electron chi connectivity index (χ1n) is 14.7. The quantitative estimate of drug-likeness (QED) is 0.167. The zero-order chi connectivity index (χ0) is 31.2. The highest BCUT2D eigenvalue weighted by Crippen LogP contribution is 2.38. The molecule has 0 amide bonds. The number of hydrogen-bond acceptors (Lipinski definition) is 5. The number of aromatic amines is 2. The molecule has 4 N–H and O–H groups in total. The summed E-state index contributed by atoms with van der Waals surface area (Å²) in [7, 11) is 0. The van der Waals surface area contributed by atoms with Gasteiger partial charge >= 0.3 is 11.9 Å². The van der Waals surface area contributed by atoms with E-state index in [9.17, 15) is 19.8 Å². The molecule has 8 bridgehead atoms. The summed E-state index contributed by atoms with van der Waals surface area (Å²) >= 11 is 4.82. The highest BCUT2D eigenvalue weighted by molar-refractivity contribution is 7.80. The maximum atomic E-state index is 11.6. The molecule has 8 nitrogen and oxygen atoms in total. The maximum absolute atomic E-state index is 11.6. The summed E-state index contributed by atoms with van der Waals surface area (Å²) in [5.41, 5.74) is 14.8. The normalized spacial score (nSPS) is 14.0. The minimum absolute atomic E-state index is 0.0130. The Morgan fingerprint density at radius 2 is 1.23 bits per heavy atom. The van der Waals surface area contributed by atoms with Gasteiger partial charge < -0.3 is 20.2 Å². The molecule has 0 spiro atoms. The molecule has 43 heavy (non-hydrogen) atoms. The van der Waals surface area contributed by atoms with Crippen molar-refractivity contribution in [2.24, 2.45) is 0 Å². The molecular formula is C34H38N4O4S. The molecule has 5 rings (SSSR count). The van der Waals surface area contributed by atoms with E-state index < -0.39 is 11.9 Å². The van der Waals surface area contributed by atoms with Gasteiger partial charge in [0.25, 0.3) is 0 Å². The van der Waals surface area contributed by atoms with Crippen LogP contribution in [0.2, 0.25) is 0 Å². The molecule has 1 unspecified atom stereocenters. The fraction of sp³-hybridized carbons (Fsp3) is 0.353. The molecule has 2 aliphatic heterocycles. The zero-order valence-electron chi connectivity index (χ0n) is 25.5. The zero-order valence-corrected chi connectivity index (χ0v) is 26.4. The van der Waals surface area contributed by atoms with Crippen molar-refractivity contribution in [1.29, 1.82) is 0 Å². The summed E-state index contributed by atoms with van der Waals surface area (Å²) in [5.74, 6) is -1.75. The smallest absolute Gasteiger partial charge is 0.303 e. The topological polar surface area (TPSA) is 132 Å². The van der Waals surface area contributed by atoms with Gasteiger partial charge in [-0.25, -0.2) is 9.97 Å². The van der Waals surface area contributed by atoms with Crippen molar-refractivity contribution in [2.75, 3.05) is 0 Å². The van der Waals surface area contributed by atoms with Crippen LogP contribution in [0.25, 0.3) is 44.4 Å². The predicted molar refractivity (Wildman–Crippen MR) is 176 cm³/mol. The van der Waals surface area contributed by atoms with Crippen LogP contribution in [-0.2, 0) is 16.0 Å². The fourth-order valence-electron chi connectivity index (χ4n) is 6.27. The molecule has 2 aliphatic rings. The number of H-pyrrole nitrogens is 2. The number of carboxylic acids is 2. The van der Waals surface area contributed by atoms with Crippen LogP contribution in [-0.4, -0.2) is 42.1 Å². The van der Waals surface area contributed by atoms with Gasteiger partial charge in [-0.3, -0.25) is 9.59 Å². The predicted octanol–water partition coefficient (Wildman–Crippen LogP) is 8.08. The molecule has 3 aromatic rings. The van der Waals surface area contributed by atoms with E-state index in [1.165, 1.54) is 5.56 Å². The minimum Gasteiger partial charge on any atom is -0.481 e. The van der Waals surface area contributed by atoms with Crippen molar-refractivity contribution in [3.63, 3.8) is 0 Å². The van der Waals surface area contributed by atoms with Gasteiger partial charge in [0.05, 0.1) is 22.8 Å². The second-order valence-corrected chi connectivity index (χ2v) is 12.2. The monoisotopic (exact) mass is 598 g/mol. The Hall–Kier alpha value is -4.11. The molecule has 0 saturated heterocycles. The first kappa shape index (κ1) is 30.4. The van der Waals surface area contributed by atoms with E-state index in [2.05, 4.69) is 43.7 Å². The number of thiol groups is 1. The van der Waals surface area contributed by atoms with Gasteiger partial charge in [0.2, 0.25) is 0 Å². The number of rotatable bonds is 8. The summed E-state index contributed by atoms with van der Waals surface area (Å²) in [5, 5.41) is 18.9. The number of allylic oxidation sites excluding steroid dienone is 4. The summed E-state index contributed by atoms with van der Waals surface area (Å²) < 4.78 is 0. The van der Waals surface area contributed by atoms with E-state index in [1.807, 2.05) is 32.0 Å². The summed E-state index contributed by atoms with van der Waals surface area (Å²) in [6.07, 6.45) is 1.43. The molecule has 224 valence electrons. The van der Waals surface area contributed by atoms with E-state index in [4.69, 9.17) is 22.6 Å². The van der Waals surface area contributed by atoms with E-state index in [-0.39, 0.29) is 18.1 Å². The van der Waals surface area contributed by atoms with Crippen LogP contribution in [0.4, 0.5) is 0 Å². The largest absolute Gasteiger partial charge is 0.481 e. The molecular weight excluding hydrogens is 560 g/mol. The Morgan fingerprint density at radius 1 is 0.744 bits per heavy atom. The lowest BCUT2D eigenvalue weighted by molar-refractivity contribution is -0.137. The van der Waals surface area contributed by atoms with Gasteiger partial charge in [0.1, 0.15) is 0 Å². The lowest BCUT2D eigenvalue weighted by Crippen LogP contribution is -1.97. The third kappa shape index (κ3) is 5.78. The van der Waals surface area contributed by atoms with Crippen molar-refractivity contribution in [3.05, 3.63) is 69.3 Å². The summed E-state index contributed by atoms with van der Waals surface area (Å²) in [6.45, 7) is 12.4. The Morgan fingerprint density at radius 3 is 1.72 bits per heavy atom. The van der Waals surface area contributed by atoms with Crippen LogP contribution in [0, 0.1) is 13.8 Å². The number of carboxylic acid groups (broad SMARTS) is 2. The molecule has 0 radical (unpaired) electrons. The van der Waals surface area contributed by atoms with Crippen molar-refractivity contribution in [1.82, 2.24) is 19.9 Å². The fourth-order valence-corrected chi connectivity index (χ4v) is 6.60. The van der Waals surface area contributed by atoms with E-state index >= 15 is 0 Å². The first-order chi connectivity index (χ1) is 20.4. The third-order valence-electron chi connectivity index (χ3n) is 8.67. The van der Waals surface area contributed by atoms with Gasteiger partial charge in [-0.1, -0.05) is 6.92 Å². The summed E-state index contributed by atoms with van der Waals surface area (Å²) in [6, 6.07) is 8.10. The number of aliphatic carboxylic acids is 2. The third-order valence-corrected chi connectivity index (χ3v) is 8.92. The molecule has 0 aromatic carbocycles. The number of fused-ring (bicyclic) bond motifs is 8. The van der Waals surface area contributed by atoms with E-state index in [1.54, 1.807) is 0 Å². The number of hydrogen-bond donors (Lipinski definition) is 5. The SMILES string of the molecule is CCc1c(C)c2cc3[nH]c(cc4nc(cc5nc(cc1[nH]2)C(C)=C5CCC(=O)O)C(CCC(=O)O)=C4C)c(C)c3C(C)S. The molecule has 3 aromatic heterocycles. The van der Waals surface area contributed by atoms with Crippen LogP contribution in [0.5, 0.6) is 0 Å². The van der Waals surface area contributed by atoms with Crippen LogP contribution in [0.1, 0.15) is 104 Å². The van der Waals surface area contributed by atoms with Gasteiger partial charge in [0.15, 0.2) is 0 Å². The standard InChI is InChI=1S/C34H38N4O4S/c1-7-21-16(2)26-14-31-34(20(6)43)19(5)27(38-31)12-24-17(3)22(8-10-32(39)40)29(36-24)15-30-23(9-11-33(41)42)18(4)25(37-30)13-28(21)35-26/h12-15,20,35,38,43H,7-11H2,1-6H3,(H,39,40)(H,41,42). The van der Waals surface area contributed by atoms with Crippen LogP contribution < -0.4 is 0 Å². The lowest BCUT2D eigenvalue weighted by atomic mass is 9.98. The highest BCUT2D eigenvalue weighted by Gasteiger charge is 2.23. The Bertz CT molecular complexity index is 1890. The second-order valence-electron chi connectivity index (χ2n) is 11.4. The average molecular weight is 599 g/mol. The van der Waals surface area contributed by atoms with E-state index in [0.29, 0.717) is 24.2 Å².